The molecule has 0 saturated carbocycles. The molecule has 176 valence electrons. The highest BCUT2D eigenvalue weighted by atomic mass is 35.5. The van der Waals surface area contributed by atoms with E-state index in [4.69, 9.17) is 22.1 Å². The van der Waals surface area contributed by atoms with E-state index < -0.39 is 5.91 Å². The number of benzene rings is 2. The standard InChI is InChI=1S/C25H26ClN5O2S/c1-16(18-4-2-3-5-19(18)26)33-22-13-23(34-24(22)25(27)32)31-15-29-20-7-6-17(12-21(20)31)14-30-10-8-28-9-11-30/h2-7,12-13,15-16,28H,8-11,14H2,1H3,(H2,27,32). The van der Waals surface area contributed by atoms with E-state index in [1.807, 2.05) is 47.9 Å². The number of halogens is 1. The van der Waals surface area contributed by atoms with E-state index in [1.54, 1.807) is 6.33 Å². The highest BCUT2D eigenvalue weighted by molar-refractivity contribution is 7.16. The van der Waals surface area contributed by atoms with Crippen LogP contribution in [0.4, 0.5) is 0 Å². The van der Waals surface area contributed by atoms with Gasteiger partial charge in [-0.25, -0.2) is 4.98 Å². The number of rotatable bonds is 7. The van der Waals surface area contributed by atoms with Crippen molar-refractivity contribution in [1.29, 1.82) is 0 Å². The molecule has 1 aliphatic heterocycles. The predicted octanol–water partition coefficient (Wildman–Crippen LogP) is 4.38. The highest BCUT2D eigenvalue weighted by Crippen LogP contribution is 2.37. The van der Waals surface area contributed by atoms with Gasteiger partial charge in [0.1, 0.15) is 28.1 Å². The van der Waals surface area contributed by atoms with Crippen molar-refractivity contribution < 1.29 is 9.53 Å². The van der Waals surface area contributed by atoms with Crippen LogP contribution >= 0.6 is 22.9 Å². The van der Waals surface area contributed by atoms with Crippen molar-refractivity contribution >= 4 is 39.9 Å². The Morgan fingerprint density at radius 1 is 1.24 bits per heavy atom. The van der Waals surface area contributed by atoms with E-state index in [0.29, 0.717) is 15.6 Å². The number of nitrogens with two attached hydrogens (primary N) is 1. The van der Waals surface area contributed by atoms with Crippen LogP contribution in [0.25, 0.3) is 16.0 Å². The van der Waals surface area contributed by atoms with Gasteiger partial charge in [-0.1, -0.05) is 35.9 Å². The molecule has 5 rings (SSSR count). The van der Waals surface area contributed by atoms with Gasteiger partial charge in [-0.3, -0.25) is 14.3 Å². The third-order valence-electron chi connectivity index (χ3n) is 6.02. The average molecular weight is 496 g/mol. The Morgan fingerprint density at radius 2 is 2.03 bits per heavy atom. The molecule has 1 amide bonds. The molecular formula is C25H26ClN5O2S. The molecule has 1 unspecified atom stereocenters. The summed E-state index contributed by atoms with van der Waals surface area (Å²) >= 11 is 7.63. The summed E-state index contributed by atoms with van der Waals surface area (Å²) in [7, 11) is 0. The van der Waals surface area contributed by atoms with Crippen molar-refractivity contribution in [3.63, 3.8) is 0 Å². The number of aromatic nitrogens is 2. The number of nitrogens with one attached hydrogen (secondary N) is 1. The third-order valence-corrected chi connectivity index (χ3v) is 7.49. The van der Waals surface area contributed by atoms with E-state index in [2.05, 4.69) is 27.3 Å². The van der Waals surface area contributed by atoms with Gasteiger partial charge in [0, 0.05) is 49.4 Å². The lowest BCUT2D eigenvalue weighted by molar-refractivity contribution is 0.0998. The molecule has 9 heteroatoms. The number of hydrogen-bond donors (Lipinski definition) is 2. The molecule has 0 bridgehead atoms. The summed E-state index contributed by atoms with van der Waals surface area (Å²) in [6.45, 7) is 6.89. The molecule has 2 aromatic carbocycles. The fourth-order valence-corrected chi connectivity index (χ4v) is 5.47. The van der Waals surface area contributed by atoms with Gasteiger partial charge < -0.3 is 15.8 Å². The molecule has 3 heterocycles. The quantitative estimate of drug-likeness (QED) is 0.397. The molecule has 2 aromatic heterocycles. The molecule has 1 fully saturated rings. The lowest BCUT2D eigenvalue weighted by Gasteiger charge is -2.27. The maximum Gasteiger partial charge on any atom is 0.262 e. The minimum Gasteiger partial charge on any atom is -0.484 e. The number of carbonyl (C=O) groups excluding carboxylic acids is 1. The van der Waals surface area contributed by atoms with Gasteiger partial charge in [-0.05, 0) is 30.7 Å². The minimum absolute atomic E-state index is 0.348. The minimum atomic E-state index is -0.526. The maximum absolute atomic E-state index is 12.2. The van der Waals surface area contributed by atoms with E-state index in [1.165, 1.54) is 16.9 Å². The van der Waals surface area contributed by atoms with Crippen molar-refractivity contribution in [3.05, 3.63) is 75.9 Å². The summed E-state index contributed by atoms with van der Waals surface area (Å²) in [5.74, 6) is -0.0832. The molecule has 4 aromatic rings. The Hall–Kier alpha value is -2.91. The van der Waals surface area contributed by atoms with E-state index in [-0.39, 0.29) is 6.10 Å². The summed E-state index contributed by atoms with van der Waals surface area (Å²) in [4.78, 5) is 19.6. The topological polar surface area (TPSA) is 85.4 Å². The summed E-state index contributed by atoms with van der Waals surface area (Å²) in [6.07, 6.45) is 1.43. The fourth-order valence-electron chi connectivity index (χ4n) is 4.25. The van der Waals surface area contributed by atoms with Gasteiger partial charge in [0.25, 0.3) is 5.91 Å². The zero-order valence-electron chi connectivity index (χ0n) is 18.8. The Bertz CT molecular complexity index is 1330. The predicted molar refractivity (Wildman–Crippen MR) is 136 cm³/mol. The van der Waals surface area contributed by atoms with Gasteiger partial charge in [-0.2, -0.15) is 0 Å². The molecule has 34 heavy (non-hydrogen) atoms. The number of primary amides is 1. The second-order valence-corrected chi connectivity index (χ2v) is 9.83. The molecule has 1 atom stereocenters. The number of amides is 1. The highest BCUT2D eigenvalue weighted by Gasteiger charge is 2.21. The molecule has 0 aliphatic carbocycles. The van der Waals surface area contributed by atoms with Crippen LogP contribution in [0.1, 0.15) is 33.8 Å². The van der Waals surface area contributed by atoms with E-state index in [0.717, 1.165) is 54.3 Å². The second kappa shape index (κ2) is 9.76. The van der Waals surface area contributed by atoms with Crippen molar-refractivity contribution in [2.24, 2.45) is 5.73 Å². The van der Waals surface area contributed by atoms with Crippen molar-refractivity contribution in [1.82, 2.24) is 19.8 Å². The molecular weight excluding hydrogens is 470 g/mol. The first kappa shape index (κ1) is 22.9. The van der Waals surface area contributed by atoms with Crippen LogP contribution in [-0.2, 0) is 6.54 Å². The van der Waals surface area contributed by atoms with Gasteiger partial charge in [-0.15, -0.1) is 11.3 Å². The van der Waals surface area contributed by atoms with E-state index in [9.17, 15) is 4.79 Å². The van der Waals surface area contributed by atoms with Crippen LogP contribution in [0.5, 0.6) is 5.75 Å². The number of piperazine rings is 1. The van der Waals surface area contributed by atoms with Gasteiger partial charge in [0.05, 0.1) is 11.0 Å². The summed E-state index contributed by atoms with van der Waals surface area (Å²) in [5, 5.41) is 4.82. The molecule has 1 aliphatic rings. The smallest absolute Gasteiger partial charge is 0.262 e. The number of thiophene rings is 1. The van der Waals surface area contributed by atoms with Crippen LogP contribution in [0.3, 0.4) is 0 Å². The molecule has 0 radical (unpaired) electrons. The lowest BCUT2D eigenvalue weighted by atomic mass is 10.1. The Balaban J connectivity index is 1.46. The van der Waals surface area contributed by atoms with Crippen LogP contribution in [0.15, 0.2) is 54.9 Å². The molecule has 1 saturated heterocycles. The zero-order valence-corrected chi connectivity index (χ0v) is 20.4. The summed E-state index contributed by atoms with van der Waals surface area (Å²) < 4.78 is 8.15. The largest absolute Gasteiger partial charge is 0.484 e. The van der Waals surface area contributed by atoms with Gasteiger partial charge in [0.2, 0.25) is 0 Å². The molecule has 0 spiro atoms. The van der Waals surface area contributed by atoms with E-state index >= 15 is 0 Å². The Labute approximate surface area is 207 Å². The number of carbonyl (C=O) groups is 1. The lowest BCUT2D eigenvalue weighted by Crippen LogP contribution is -2.42. The first-order chi connectivity index (χ1) is 16.5. The van der Waals surface area contributed by atoms with Crippen LogP contribution in [-0.4, -0.2) is 46.5 Å². The normalized spacial score (nSPS) is 15.5. The van der Waals surface area contributed by atoms with Crippen molar-refractivity contribution in [2.75, 3.05) is 26.2 Å². The van der Waals surface area contributed by atoms with Crippen LogP contribution < -0.4 is 15.8 Å². The second-order valence-electron chi connectivity index (χ2n) is 8.39. The van der Waals surface area contributed by atoms with Crippen LogP contribution in [0.2, 0.25) is 5.02 Å². The number of imidazole rings is 1. The monoisotopic (exact) mass is 495 g/mol. The van der Waals surface area contributed by atoms with Gasteiger partial charge in [0.15, 0.2) is 0 Å². The fraction of sp³-hybridized carbons (Fsp3) is 0.280. The third kappa shape index (κ3) is 4.67. The SMILES string of the molecule is CC(Oc1cc(-n2cnc3ccc(CN4CCNCC4)cc32)sc1C(N)=O)c1ccccc1Cl. The van der Waals surface area contributed by atoms with Crippen molar-refractivity contribution in [3.8, 4) is 10.8 Å². The summed E-state index contributed by atoms with van der Waals surface area (Å²) in [5.41, 5.74) is 9.65. The zero-order chi connectivity index (χ0) is 23.7. The molecule has 7 nitrogen and oxygen atoms in total. The first-order valence-electron chi connectivity index (χ1n) is 11.2. The number of ether oxygens (including phenoxy) is 1. The average Bonchev–Trinajstić information content (AvgIpc) is 3.44. The number of hydrogen-bond acceptors (Lipinski definition) is 6. The first-order valence-corrected chi connectivity index (χ1v) is 12.4. The number of nitrogens with zero attached hydrogens (tertiary/aromatic N) is 3. The summed E-state index contributed by atoms with van der Waals surface area (Å²) in [6, 6.07) is 15.7. The van der Waals surface area contributed by atoms with Crippen LogP contribution in [0, 0.1) is 0 Å². The van der Waals surface area contributed by atoms with Crippen molar-refractivity contribution in [2.45, 2.75) is 19.6 Å². The maximum atomic E-state index is 12.2. The molecule has 3 N–H and O–H groups in total. The van der Waals surface area contributed by atoms with Gasteiger partial charge >= 0.3 is 0 Å². The Morgan fingerprint density at radius 3 is 2.79 bits per heavy atom. The Kier molecular flexibility index (Phi) is 6.56. The number of fused-ring (bicyclic) bond motifs is 1.